The van der Waals surface area contributed by atoms with Crippen molar-refractivity contribution in [1.82, 2.24) is 20.3 Å². The molecule has 0 saturated heterocycles. The third-order valence-corrected chi connectivity index (χ3v) is 2.13. The Morgan fingerprint density at radius 1 is 1.27 bits per heavy atom. The molecule has 1 N–H and O–H groups in total. The maximum absolute atomic E-state index is 4.06. The second kappa shape index (κ2) is 4.70. The summed E-state index contributed by atoms with van der Waals surface area (Å²) in [7, 11) is 1.90. The zero-order valence-corrected chi connectivity index (χ0v) is 8.72. The molecule has 0 radical (unpaired) electrons. The van der Waals surface area contributed by atoms with Gasteiger partial charge in [0, 0.05) is 6.54 Å². The van der Waals surface area contributed by atoms with Crippen molar-refractivity contribution < 1.29 is 0 Å². The first-order valence-corrected chi connectivity index (χ1v) is 4.96. The summed E-state index contributed by atoms with van der Waals surface area (Å²) in [6.45, 7) is 1.53. The van der Waals surface area contributed by atoms with Crippen LogP contribution in [0, 0.1) is 0 Å². The van der Waals surface area contributed by atoms with Gasteiger partial charge >= 0.3 is 0 Å². The van der Waals surface area contributed by atoms with E-state index in [9.17, 15) is 0 Å². The van der Waals surface area contributed by atoms with Gasteiger partial charge in [-0.1, -0.05) is 35.5 Å². The Labute approximate surface area is 88.9 Å². The monoisotopic (exact) mass is 202 g/mol. The molecule has 0 unspecified atom stereocenters. The lowest BCUT2D eigenvalue weighted by atomic mass is 10.2. The highest BCUT2D eigenvalue weighted by molar-refractivity contribution is 5.14. The molecule has 1 heterocycles. The minimum atomic E-state index is 0.759. The summed E-state index contributed by atoms with van der Waals surface area (Å²) in [5.74, 6) is 0. The standard InChI is InChI=1S/C11H14N4/c1-12-7-11-9-15(14-13-11)8-10-5-3-2-4-6-10/h2-6,9,12H,7-8H2,1H3. The zero-order chi connectivity index (χ0) is 10.5. The molecule has 78 valence electrons. The Kier molecular flexibility index (Phi) is 3.09. The van der Waals surface area contributed by atoms with Gasteiger partial charge in [-0.25, -0.2) is 4.68 Å². The SMILES string of the molecule is CNCc1cn(Cc2ccccc2)nn1. The molecule has 0 amide bonds. The molecule has 15 heavy (non-hydrogen) atoms. The summed E-state index contributed by atoms with van der Waals surface area (Å²) in [5, 5.41) is 11.2. The van der Waals surface area contributed by atoms with Crippen molar-refractivity contribution >= 4 is 0 Å². The molecule has 0 atom stereocenters. The van der Waals surface area contributed by atoms with Gasteiger partial charge in [-0.2, -0.15) is 0 Å². The van der Waals surface area contributed by atoms with Crippen LogP contribution in [0.2, 0.25) is 0 Å². The number of aromatic nitrogens is 3. The van der Waals surface area contributed by atoms with Crippen LogP contribution >= 0.6 is 0 Å². The fraction of sp³-hybridized carbons (Fsp3) is 0.273. The number of hydrogen-bond acceptors (Lipinski definition) is 3. The van der Waals surface area contributed by atoms with E-state index in [1.807, 2.05) is 36.1 Å². The molecule has 0 aliphatic rings. The molecule has 2 rings (SSSR count). The number of hydrogen-bond donors (Lipinski definition) is 1. The lowest BCUT2D eigenvalue weighted by Gasteiger charge is -1.99. The molecule has 1 aromatic carbocycles. The predicted octanol–water partition coefficient (Wildman–Crippen LogP) is 1.05. The fourth-order valence-electron chi connectivity index (χ4n) is 1.45. The largest absolute Gasteiger partial charge is 0.314 e. The summed E-state index contributed by atoms with van der Waals surface area (Å²) in [6.07, 6.45) is 1.96. The van der Waals surface area contributed by atoms with Gasteiger partial charge in [0.05, 0.1) is 18.4 Å². The Hall–Kier alpha value is -1.68. The van der Waals surface area contributed by atoms with Crippen LogP contribution in [0.3, 0.4) is 0 Å². The smallest absolute Gasteiger partial charge is 0.0964 e. The Morgan fingerprint density at radius 3 is 2.80 bits per heavy atom. The average molecular weight is 202 g/mol. The fourth-order valence-corrected chi connectivity index (χ4v) is 1.45. The topological polar surface area (TPSA) is 42.7 Å². The minimum absolute atomic E-state index is 0.759. The van der Waals surface area contributed by atoms with Crippen LogP contribution in [0.1, 0.15) is 11.3 Å². The molecule has 0 fully saturated rings. The Morgan fingerprint density at radius 2 is 2.07 bits per heavy atom. The number of rotatable bonds is 4. The second-order valence-electron chi connectivity index (χ2n) is 3.42. The zero-order valence-electron chi connectivity index (χ0n) is 8.72. The first-order chi connectivity index (χ1) is 7.38. The van der Waals surface area contributed by atoms with E-state index >= 15 is 0 Å². The molecule has 0 spiro atoms. The van der Waals surface area contributed by atoms with E-state index in [4.69, 9.17) is 0 Å². The Balaban J connectivity index is 2.05. The van der Waals surface area contributed by atoms with Crippen molar-refractivity contribution in [2.24, 2.45) is 0 Å². The molecule has 4 heteroatoms. The van der Waals surface area contributed by atoms with Crippen molar-refractivity contribution in [2.75, 3.05) is 7.05 Å². The van der Waals surface area contributed by atoms with Gasteiger partial charge in [0.15, 0.2) is 0 Å². The highest BCUT2D eigenvalue weighted by Crippen LogP contribution is 2.01. The molecule has 0 aliphatic heterocycles. The second-order valence-corrected chi connectivity index (χ2v) is 3.42. The third kappa shape index (κ3) is 2.63. The molecule has 4 nitrogen and oxygen atoms in total. The molecular formula is C11H14N4. The molecule has 2 aromatic rings. The van der Waals surface area contributed by atoms with E-state index < -0.39 is 0 Å². The lowest BCUT2D eigenvalue weighted by molar-refractivity contribution is 0.648. The average Bonchev–Trinajstić information content (AvgIpc) is 2.68. The van der Waals surface area contributed by atoms with Crippen LogP contribution in [0.5, 0.6) is 0 Å². The summed E-state index contributed by atoms with van der Waals surface area (Å²) in [6, 6.07) is 10.2. The van der Waals surface area contributed by atoms with E-state index in [1.54, 1.807) is 0 Å². The third-order valence-electron chi connectivity index (χ3n) is 2.13. The van der Waals surface area contributed by atoms with Crippen LogP contribution in [-0.2, 0) is 13.1 Å². The van der Waals surface area contributed by atoms with Gasteiger partial charge in [-0.05, 0) is 12.6 Å². The van der Waals surface area contributed by atoms with Crippen LogP contribution in [-0.4, -0.2) is 22.0 Å². The van der Waals surface area contributed by atoms with E-state index in [0.29, 0.717) is 0 Å². The van der Waals surface area contributed by atoms with E-state index in [1.165, 1.54) is 5.56 Å². The van der Waals surface area contributed by atoms with E-state index in [0.717, 1.165) is 18.8 Å². The maximum atomic E-state index is 4.06. The number of nitrogens with zero attached hydrogens (tertiary/aromatic N) is 3. The minimum Gasteiger partial charge on any atom is -0.314 e. The van der Waals surface area contributed by atoms with Crippen molar-refractivity contribution in [2.45, 2.75) is 13.1 Å². The van der Waals surface area contributed by atoms with Gasteiger partial charge < -0.3 is 5.32 Å². The van der Waals surface area contributed by atoms with Crippen LogP contribution in [0.25, 0.3) is 0 Å². The molecular weight excluding hydrogens is 188 g/mol. The van der Waals surface area contributed by atoms with Gasteiger partial charge in [0.2, 0.25) is 0 Å². The van der Waals surface area contributed by atoms with Crippen molar-refractivity contribution in [3.63, 3.8) is 0 Å². The summed E-state index contributed by atoms with van der Waals surface area (Å²) in [4.78, 5) is 0. The highest BCUT2D eigenvalue weighted by Gasteiger charge is 1.99. The quantitative estimate of drug-likeness (QED) is 0.805. The highest BCUT2D eigenvalue weighted by atomic mass is 15.4. The van der Waals surface area contributed by atoms with Gasteiger partial charge in [-0.15, -0.1) is 5.10 Å². The first-order valence-electron chi connectivity index (χ1n) is 4.96. The molecule has 0 saturated carbocycles. The summed E-state index contributed by atoms with van der Waals surface area (Å²) in [5.41, 5.74) is 2.20. The van der Waals surface area contributed by atoms with Gasteiger partial charge in [-0.3, -0.25) is 0 Å². The van der Waals surface area contributed by atoms with Gasteiger partial charge in [0.1, 0.15) is 0 Å². The first kappa shape index (κ1) is 9.86. The normalized spacial score (nSPS) is 10.5. The van der Waals surface area contributed by atoms with E-state index in [2.05, 4.69) is 27.8 Å². The van der Waals surface area contributed by atoms with Crippen LogP contribution in [0.4, 0.5) is 0 Å². The molecule has 1 aromatic heterocycles. The van der Waals surface area contributed by atoms with Crippen LogP contribution < -0.4 is 5.32 Å². The number of benzene rings is 1. The van der Waals surface area contributed by atoms with E-state index in [-0.39, 0.29) is 0 Å². The Bertz CT molecular complexity index is 408. The lowest BCUT2D eigenvalue weighted by Crippen LogP contribution is -2.05. The van der Waals surface area contributed by atoms with Crippen molar-refractivity contribution in [1.29, 1.82) is 0 Å². The molecule has 0 aliphatic carbocycles. The van der Waals surface area contributed by atoms with Crippen molar-refractivity contribution in [3.8, 4) is 0 Å². The van der Waals surface area contributed by atoms with Crippen LogP contribution in [0.15, 0.2) is 36.5 Å². The molecule has 0 bridgehead atoms. The number of nitrogens with one attached hydrogen (secondary N) is 1. The van der Waals surface area contributed by atoms with Gasteiger partial charge in [0.25, 0.3) is 0 Å². The maximum Gasteiger partial charge on any atom is 0.0964 e. The summed E-state index contributed by atoms with van der Waals surface area (Å²) >= 11 is 0. The van der Waals surface area contributed by atoms with Crippen molar-refractivity contribution in [3.05, 3.63) is 47.8 Å². The predicted molar refractivity (Wildman–Crippen MR) is 58.3 cm³/mol. The summed E-state index contributed by atoms with van der Waals surface area (Å²) < 4.78 is 1.85.